The number of ether oxygens (including phenoxy) is 1. The summed E-state index contributed by atoms with van der Waals surface area (Å²) in [5.41, 5.74) is 2.69. The number of nitrogens with one attached hydrogen (secondary N) is 1. The lowest BCUT2D eigenvalue weighted by Crippen LogP contribution is -2.44. The first-order valence-corrected chi connectivity index (χ1v) is 9.92. The van der Waals surface area contributed by atoms with Crippen LogP contribution in [0.4, 0.5) is 5.82 Å². The van der Waals surface area contributed by atoms with Crippen molar-refractivity contribution in [2.24, 2.45) is 0 Å². The van der Waals surface area contributed by atoms with Crippen molar-refractivity contribution in [3.05, 3.63) is 66.2 Å². The zero-order valence-corrected chi connectivity index (χ0v) is 17.0. The molecule has 1 aliphatic rings. The first-order chi connectivity index (χ1) is 14.5. The van der Waals surface area contributed by atoms with Gasteiger partial charge >= 0.3 is 0 Å². The number of carbonyl (C=O) groups is 2. The Labute approximate surface area is 175 Å². The molecule has 2 aromatic carbocycles. The Morgan fingerprint density at radius 3 is 2.60 bits per heavy atom. The van der Waals surface area contributed by atoms with Crippen molar-refractivity contribution in [2.75, 3.05) is 18.6 Å². The molecule has 0 bridgehead atoms. The summed E-state index contributed by atoms with van der Waals surface area (Å²) in [5, 5.41) is 7.60. The van der Waals surface area contributed by atoms with Crippen LogP contribution in [0.25, 0.3) is 11.3 Å². The van der Waals surface area contributed by atoms with E-state index in [0.717, 1.165) is 22.6 Å². The van der Waals surface area contributed by atoms with Crippen molar-refractivity contribution in [2.45, 2.75) is 25.9 Å². The van der Waals surface area contributed by atoms with E-state index in [4.69, 9.17) is 4.74 Å². The monoisotopic (exact) mass is 404 g/mol. The lowest BCUT2D eigenvalue weighted by molar-refractivity contribution is -0.124. The lowest BCUT2D eigenvalue weighted by atomic mass is 10.1. The van der Waals surface area contributed by atoms with E-state index in [0.29, 0.717) is 18.8 Å². The molecular formula is C23H24N4O3. The van der Waals surface area contributed by atoms with Crippen molar-refractivity contribution in [3.8, 4) is 17.0 Å². The molecule has 0 saturated heterocycles. The van der Waals surface area contributed by atoms with Crippen molar-refractivity contribution in [3.63, 3.8) is 0 Å². The highest BCUT2D eigenvalue weighted by atomic mass is 16.5. The maximum Gasteiger partial charge on any atom is 0.240 e. The lowest BCUT2D eigenvalue weighted by Gasteiger charge is -2.27. The van der Waals surface area contributed by atoms with Crippen LogP contribution in [0.3, 0.4) is 0 Å². The molecule has 1 aliphatic heterocycles. The first kappa shape index (κ1) is 19.7. The van der Waals surface area contributed by atoms with Gasteiger partial charge in [0, 0.05) is 18.1 Å². The summed E-state index contributed by atoms with van der Waals surface area (Å²) in [6, 6.07) is 19.0. The molecular weight excluding hydrogens is 380 g/mol. The molecule has 0 spiro atoms. The van der Waals surface area contributed by atoms with Crippen LogP contribution in [0, 0.1) is 0 Å². The average molecular weight is 404 g/mol. The summed E-state index contributed by atoms with van der Waals surface area (Å²) in [6.07, 6.45) is 0.318. The predicted molar refractivity (Wildman–Crippen MR) is 114 cm³/mol. The number of methoxy groups -OCH3 is 1. The summed E-state index contributed by atoms with van der Waals surface area (Å²) in [6.45, 7) is 2.39. The van der Waals surface area contributed by atoms with E-state index < -0.39 is 0 Å². The summed E-state index contributed by atoms with van der Waals surface area (Å²) in [5.74, 6) is 1.12. The minimum atomic E-state index is -0.208. The molecule has 1 unspecified atom stereocenters. The molecule has 2 amide bonds. The van der Waals surface area contributed by atoms with E-state index in [1.165, 1.54) is 4.90 Å². The second kappa shape index (κ2) is 8.41. The van der Waals surface area contributed by atoms with Gasteiger partial charge in [-0.05, 0) is 36.8 Å². The molecule has 4 rings (SSSR count). The van der Waals surface area contributed by atoms with Crippen LogP contribution in [0.5, 0.6) is 5.75 Å². The van der Waals surface area contributed by atoms with Gasteiger partial charge in [-0.25, -0.2) is 4.68 Å². The smallest absolute Gasteiger partial charge is 0.240 e. The number of hydrogen-bond donors (Lipinski definition) is 1. The number of amides is 2. The SMILES string of the molecule is COc1ccc(-c2cc3n(n2)CCC(=O)N3CC(=O)NC(C)c2ccccc2)cc1. The van der Waals surface area contributed by atoms with Gasteiger partial charge in [0.2, 0.25) is 11.8 Å². The minimum Gasteiger partial charge on any atom is -0.497 e. The molecule has 1 atom stereocenters. The number of anilines is 1. The average Bonchev–Trinajstić information content (AvgIpc) is 3.21. The van der Waals surface area contributed by atoms with Crippen LogP contribution >= 0.6 is 0 Å². The van der Waals surface area contributed by atoms with Gasteiger partial charge in [-0.3, -0.25) is 14.5 Å². The highest BCUT2D eigenvalue weighted by Crippen LogP contribution is 2.29. The summed E-state index contributed by atoms with van der Waals surface area (Å²) in [4.78, 5) is 26.7. The first-order valence-electron chi connectivity index (χ1n) is 9.92. The van der Waals surface area contributed by atoms with Gasteiger partial charge in [-0.15, -0.1) is 0 Å². The number of fused-ring (bicyclic) bond motifs is 1. The number of aromatic nitrogens is 2. The van der Waals surface area contributed by atoms with E-state index in [1.54, 1.807) is 11.8 Å². The van der Waals surface area contributed by atoms with E-state index in [2.05, 4.69) is 10.4 Å². The molecule has 0 fully saturated rings. The molecule has 1 N–H and O–H groups in total. The minimum absolute atomic E-state index is 0.0379. The van der Waals surface area contributed by atoms with Crippen molar-refractivity contribution < 1.29 is 14.3 Å². The predicted octanol–water partition coefficient (Wildman–Crippen LogP) is 3.17. The Balaban J connectivity index is 1.51. The maximum absolute atomic E-state index is 12.6. The van der Waals surface area contributed by atoms with Crippen LogP contribution in [-0.2, 0) is 16.1 Å². The third kappa shape index (κ3) is 4.05. The number of carbonyl (C=O) groups excluding carboxylic acids is 2. The Bertz CT molecular complexity index is 1040. The largest absolute Gasteiger partial charge is 0.497 e. The molecule has 3 aromatic rings. The van der Waals surface area contributed by atoms with Crippen LogP contribution in [0.1, 0.15) is 24.9 Å². The molecule has 0 saturated carbocycles. The molecule has 0 radical (unpaired) electrons. The molecule has 1 aromatic heterocycles. The molecule has 7 heteroatoms. The quantitative estimate of drug-likeness (QED) is 0.685. The van der Waals surface area contributed by atoms with Crippen LogP contribution in [-0.4, -0.2) is 35.2 Å². The van der Waals surface area contributed by atoms with Gasteiger partial charge in [-0.1, -0.05) is 30.3 Å². The van der Waals surface area contributed by atoms with Gasteiger partial charge in [-0.2, -0.15) is 5.10 Å². The number of benzene rings is 2. The van der Waals surface area contributed by atoms with E-state index >= 15 is 0 Å². The zero-order valence-electron chi connectivity index (χ0n) is 17.0. The van der Waals surface area contributed by atoms with Crippen LogP contribution in [0.2, 0.25) is 0 Å². The third-order valence-electron chi connectivity index (χ3n) is 5.24. The van der Waals surface area contributed by atoms with Gasteiger partial charge in [0.05, 0.1) is 25.4 Å². The topological polar surface area (TPSA) is 76.5 Å². The normalized spacial score (nSPS) is 14.2. The second-order valence-corrected chi connectivity index (χ2v) is 7.27. The number of nitrogens with zero attached hydrogens (tertiary/aromatic N) is 3. The Morgan fingerprint density at radius 2 is 1.90 bits per heavy atom. The van der Waals surface area contributed by atoms with E-state index in [9.17, 15) is 9.59 Å². The number of hydrogen-bond acceptors (Lipinski definition) is 4. The Morgan fingerprint density at radius 1 is 1.17 bits per heavy atom. The van der Waals surface area contributed by atoms with E-state index in [1.807, 2.05) is 67.6 Å². The fourth-order valence-corrected chi connectivity index (χ4v) is 3.58. The Kier molecular flexibility index (Phi) is 5.52. The fraction of sp³-hybridized carbons (Fsp3) is 0.261. The maximum atomic E-state index is 12.6. The van der Waals surface area contributed by atoms with Crippen molar-refractivity contribution in [1.29, 1.82) is 0 Å². The van der Waals surface area contributed by atoms with Crippen LogP contribution in [0.15, 0.2) is 60.7 Å². The molecule has 2 heterocycles. The highest BCUT2D eigenvalue weighted by molar-refractivity contribution is 5.99. The van der Waals surface area contributed by atoms with Crippen LogP contribution < -0.4 is 15.0 Å². The Hall–Kier alpha value is -3.61. The second-order valence-electron chi connectivity index (χ2n) is 7.27. The molecule has 30 heavy (non-hydrogen) atoms. The molecule has 7 nitrogen and oxygen atoms in total. The highest BCUT2D eigenvalue weighted by Gasteiger charge is 2.28. The van der Waals surface area contributed by atoms with Gasteiger partial charge in [0.15, 0.2) is 0 Å². The van der Waals surface area contributed by atoms with Crippen molar-refractivity contribution >= 4 is 17.6 Å². The molecule has 0 aliphatic carbocycles. The van der Waals surface area contributed by atoms with E-state index in [-0.39, 0.29) is 24.4 Å². The summed E-state index contributed by atoms with van der Waals surface area (Å²) >= 11 is 0. The number of aryl methyl sites for hydroxylation is 1. The molecule has 154 valence electrons. The zero-order chi connectivity index (χ0) is 21.1. The summed E-state index contributed by atoms with van der Waals surface area (Å²) < 4.78 is 6.99. The summed E-state index contributed by atoms with van der Waals surface area (Å²) in [7, 11) is 1.62. The van der Waals surface area contributed by atoms with Gasteiger partial charge in [0.1, 0.15) is 18.1 Å². The third-order valence-corrected chi connectivity index (χ3v) is 5.24. The fourth-order valence-electron chi connectivity index (χ4n) is 3.58. The van der Waals surface area contributed by atoms with Crippen molar-refractivity contribution in [1.82, 2.24) is 15.1 Å². The standard InChI is InChI=1S/C23H24N4O3/c1-16(17-6-4-3-5-7-17)24-21(28)15-26-22-14-20(25-27(22)13-12-23(26)29)18-8-10-19(30-2)11-9-18/h3-11,14,16H,12-13,15H2,1-2H3,(H,24,28). The van der Waals surface area contributed by atoms with Gasteiger partial charge < -0.3 is 10.1 Å². The van der Waals surface area contributed by atoms with Gasteiger partial charge in [0.25, 0.3) is 0 Å². The number of rotatable bonds is 6.